The summed E-state index contributed by atoms with van der Waals surface area (Å²) in [5.74, 6) is 1.03. The lowest BCUT2D eigenvalue weighted by Gasteiger charge is -2.20. The van der Waals surface area contributed by atoms with Gasteiger partial charge in [0, 0.05) is 52.9 Å². The van der Waals surface area contributed by atoms with Crippen LogP contribution in [0, 0.1) is 5.92 Å². The lowest BCUT2D eigenvalue weighted by Crippen LogP contribution is -2.29. The molecule has 29 heavy (non-hydrogen) atoms. The van der Waals surface area contributed by atoms with Crippen LogP contribution in [0.5, 0.6) is 5.75 Å². The Morgan fingerprint density at radius 3 is 2.66 bits per heavy atom. The van der Waals surface area contributed by atoms with Crippen molar-refractivity contribution in [3.8, 4) is 5.75 Å². The van der Waals surface area contributed by atoms with Crippen LogP contribution in [0.25, 0.3) is 0 Å². The average Bonchev–Trinajstić information content (AvgIpc) is 3.09. The van der Waals surface area contributed by atoms with Crippen molar-refractivity contribution in [2.24, 2.45) is 5.92 Å². The highest BCUT2D eigenvalue weighted by Crippen LogP contribution is 2.29. The topological polar surface area (TPSA) is 90.9 Å². The van der Waals surface area contributed by atoms with Gasteiger partial charge in [0.2, 0.25) is 17.8 Å². The van der Waals surface area contributed by atoms with E-state index in [-0.39, 0.29) is 18.2 Å². The third-order valence-corrected chi connectivity index (χ3v) is 4.70. The normalized spacial score (nSPS) is 16.0. The van der Waals surface area contributed by atoms with Crippen LogP contribution in [0.2, 0.25) is 0 Å². The molecule has 3 rings (SSSR count). The van der Waals surface area contributed by atoms with Gasteiger partial charge in [-0.25, -0.2) is 4.98 Å². The first-order chi connectivity index (χ1) is 13.8. The van der Waals surface area contributed by atoms with Gasteiger partial charge in [-0.3, -0.25) is 9.59 Å². The Balaban J connectivity index is 1.76. The number of rotatable bonds is 6. The Morgan fingerprint density at radius 1 is 1.24 bits per heavy atom. The van der Waals surface area contributed by atoms with E-state index >= 15 is 0 Å². The quantitative estimate of drug-likeness (QED) is 0.790. The molecule has 1 fully saturated rings. The van der Waals surface area contributed by atoms with Gasteiger partial charge in [0.15, 0.2) is 5.82 Å². The summed E-state index contributed by atoms with van der Waals surface area (Å²) in [6.45, 7) is 0.311. The first kappa shape index (κ1) is 20.4. The second kappa shape index (κ2) is 8.34. The molecule has 0 spiro atoms. The number of nitrogens with zero attached hydrogens (tertiary/aromatic N) is 5. The maximum absolute atomic E-state index is 12.9. The van der Waals surface area contributed by atoms with E-state index < -0.39 is 5.92 Å². The predicted octanol–water partition coefficient (Wildman–Crippen LogP) is 1.61. The molecule has 1 unspecified atom stereocenters. The van der Waals surface area contributed by atoms with Crippen LogP contribution in [0.15, 0.2) is 30.5 Å². The van der Waals surface area contributed by atoms with E-state index in [4.69, 9.17) is 4.74 Å². The van der Waals surface area contributed by atoms with E-state index in [1.807, 2.05) is 51.3 Å². The molecule has 1 N–H and O–H groups in total. The third kappa shape index (κ3) is 4.39. The average molecular weight is 398 g/mol. The number of ether oxygens (including phenoxy) is 1. The van der Waals surface area contributed by atoms with E-state index in [1.54, 1.807) is 29.2 Å². The van der Waals surface area contributed by atoms with Gasteiger partial charge in [-0.05, 0) is 12.1 Å². The molecule has 1 aromatic carbocycles. The van der Waals surface area contributed by atoms with Gasteiger partial charge >= 0.3 is 0 Å². The van der Waals surface area contributed by atoms with E-state index in [1.165, 1.54) is 0 Å². The number of aromatic nitrogens is 2. The third-order valence-electron chi connectivity index (χ3n) is 4.70. The minimum atomic E-state index is -0.461. The number of carbonyl (C=O) groups excluding carboxylic acids is 2. The van der Waals surface area contributed by atoms with Gasteiger partial charge in [0.25, 0.3) is 0 Å². The highest BCUT2D eigenvalue weighted by atomic mass is 16.5. The van der Waals surface area contributed by atoms with E-state index in [9.17, 15) is 9.59 Å². The summed E-state index contributed by atoms with van der Waals surface area (Å²) in [5.41, 5.74) is 1.23. The van der Waals surface area contributed by atoms with Gasteiger partial charge in [-0.2, -0.15) is 4.98 Å². The number of carbonyl (C=O) groups is 2. The highest BCUT2D eigenvalue weighted by Gasteiger charge is 2.35. The maximum Gasteiger partial charge on any atom is 0.229 e. The fraction of sp³-hybridized carbons (Fsp3) is 0.400. The first-order valence-electron chi connectivity index (χ1n) is 9.27. The monoisotopic (exact) mass is 398 g/mol. The second-order valence-electron chi connectivity index (χ2n) is 7.29. The zero-order chi connectivity index (χ0) is 21.1. The summed E-state index contributed by atoms with van der Waals surface area (Å²) in [7, 11) is 8.98. The molecule has 1 aliphatic rings. The molecule has 1 aromatic heterocycles. The van der Waals surface area contributed by atoms with Crippen LogP contribution in [0.4, 0.5) is 23.1 Å². The molecular formula is C20H26N6O3. The molecule has 2 aromatic rings. The van der Waals surface area contributed by atoms with Crippen molar-refractivity contribution in [3.63, 3.8) is 0 Å². The number of hydrogen-bond acceptors (Lipinski definition) is 7. The SMILES string of the molecule is COc1cccc(N2CC(C(=O)Nc3cnc(N(C)C)nc3N(C)C)CC2=O)c1. The molecule has 2 heterocycles. The number of nitrogens with one attached hydrogen (secondary N) is 1. The number of amides is 2. The molecule has 1 saturated heterocycles. The van der Waals surface area contributed by atoms with Crippen molar-refractivity contribution in [1.82, 2.24) is 9.97 Å². The molecular weight excluding hydrogens is 372 g/mol. The molecule has 9 nitrogen and oxygen atoms in total. The minimum Gasteiger partial charge on any atom is -0.497 e. The summed E-state index contributed by atoms with van der Waals surface area (Å²) in [5, 5.41) is 2.89. The van der Waals surface area contributed by atoms with Gasteiger partial charge < -0.3 is 24.8 Å². The van der Waals surface area contributed by atoms with Crippen LogP contribution in [-0.4, -0.2) is 63.6 Å². The Morgan fingerprint density at radius 2 is 2.00 bits per heavy atom. The summed E-state index contributed by atoms with van der Waals surface area (Å²) < 4.78 is 5.23. The maximum atomic E-state index is 12.9. The summed E-state index contributed by atoms with van der Waals surface area (Å²) in [6, 6.07) is 7.26. The molecule has 0 aliphatic carbocycles. The fourth-order valence-corrected chi connectivity index (χ4v) is 3.15. The van der Waals surface area contributed by atoms with Gasteiger partial charge in [0.1, 0.15) is 11.4 Å². The highest BCUT2D eigenvalue weighted by molar-refractivity contribution is 6.04. The Kier molecular flexibility index (Phi) is 5.86. The first-order valence-corrected chi connectivity index (χ1v) is 9.27. The van der Waals surface area contributed by atoms with E-state index in [0.717, 1.165) is 5.69 Å². The molecule has 0 bridgehead atoms. The minimum absolute atomic E-state index is 0.0922. The zero-order valence-corrected chi connectivity index (χ0v) is 17.3. The molecule has 1 aliphatic heterocycles. The van der Waals surface area contributed by atoms with Crippen LogP contribution >= 0.6 is 0 Å². The van der Waals surface area contributed by atoms with Crippen LogP contribution in [-0.2, 0) is 9.59 Å². The summed E-state index contributed by atoms with van der Waals surface area (Å²) in [4.78, 5) is 39.3. The van der Waals surface area contributed by atoms with E-state index in [0.29, 0.717) is 29.7 Å². The van der Waals surface area contributed by atoms with Crippen molar-refractivity contribution < 1.29 is 14.3 Å². The largest absolute Gasteiger partial charge is 0.497 e. The van der Waals surface area contributed by atoms with Gasteiger partial charge in [0.05, 0.1) is 19.2 Å². The second-order valence-corrected chi connectivity index (χ2v) is 7.29. The van der Waals surface area contributed by atoms with Crippen LogP contribution in [0.1, 0.15) is 6.42 Å². The molecule has 9 heteroatoms. The Labute approximate surface area is 170 Å². The summed E-state index contributed by atoms with van der Waals surface area (Å²) >= 11 is 0. The Hall–Kier alpha value is -3.36. The predicted molar refractivity (Wildman–Crippen MR) is 113 cm³/mol. The standard InChI is InChI=1S/C20H26N6O3/c1-24(2)18-16(11-21-20(23-18)25(3)4)22-19(28)13-9-17(27)26(12-13)14-7-6-8-15(10-14)29-5/h6-8,10-11,13H,9,12H2,1-5H3,(H,22,28). The van der Waals surface area contributed by atoms with Crippen molar-refractivity contribution in [2.45, 2.75) is 6.42 Å². The van der Waals surface area contributed by atoms with Crippen molar-refractivity contribution in [3.05, 3.63) is 30.5 Å². The lowest BCUT2D eigenvalue weighted by molar-refractivity contribution is -0.122. The van der Waals surface area contributed by atoms with Crippen molar-refractivity contribution in [1.29, 1.82) is 0 Å². The molecule has 0 radical (unpaired) electrons. The fourth-order valence-electron chi connectivity index (χ4n) is 3.15. The van der Waals surface area contributed by atoms with Crippen molar-refractivity contribution in [2.75, 3.05) is 61.9 Å². The molecule has 1 atom stereocenters. The number of benzene rings is 1. The summed E-state index contributed by atoms with van der Waals surface area (Å²) in [6.07, 6.45) is 1.74. The van der Waals surface area contributed by atoms with Gasteiger partial charge in [-0.1, -0.05) is 6.07 Å². The number of anilines is 4. The van der Waals surface area contributed by atoms with E-state index in [2.05, 4.69) is 15.3 Å². The van der Waals surface area contributed by atoms with Crippen LogP contribution < -0.4 is 24.8 Å². The van der Waals surface area contributed by atoms with Gasteiger partial charge in [-0.15, -0.1) is 0 Å². The zero-order valence-electron chi connectivity index (χ0n) is 17.3. The number of methoxy groups -OCH3 is 1. The molecule has 2 amide bonds. The number of hydrogen-bond donors (Lipinski definition) is 1. The molecule has 0 saturated carbocycles. The lowest BCUT2D eigenvalue weighted by atomic mass is 10.1. The van der Waals surface area contributed by atoms with Crippen molar-refractivity contribution >= 4 is 35.0 Å². The Bertz CT molecular complexity index is 915. The molecule has 154 valence electrons. The van der Waals surface area contributed by atoms with Crippen LogP contribution in [0.3, 0.4) is 0 Å². The smallest absolute Gasteiger partial charge is 0.229 e.